The third-order valence-corrected chi connectivity index (χ3v) is 3.92. The average Bonchev–Trinajstić information content (AvgIpc) is 2.70. The van der Waals surface area contributed by atoms with Gasteiger partial charge in [0.15, 0.2) is 0 Å². The SMILES string of the molecule is c1ccn2nc(COCCN3CCCCCC3)cc2c1. The Hall–Kier alpha value is -1.39. The van der Waals surface area contributed by atoms with Gasteiger partial charge in [-0.05, 0) is 44.1 Å². The molecule has 0 spiro atoms. The van der Waals surface area contributed by atoms with Crippen molar-refractivity contribution in [3.8, 4) is 0 Å². The van der Waals surface area contributed by atoms with Crippen molar-refractivity contribution in [1.82, 2.24) is 14.5 Å². The van der Waals surface area contributed by atoms with Crippen LogP contribution in [0.15, 0.2) is 30.5 Å². The number of aromatic nitrogens is 2. The zero-order valence-electron chi connectivity index (χ0n) is 12.0. The molecule has 3 rings (SSSR count). The van der Waals surface area contributed by atoms with Crippen LogP contribution in [0.2, 0.25) is 0 Å². The molecule has 3 heterocycles. The van der Waals surface area contributed by atoms with E-state index in [1.807, 2.05) is 22.8 Å². The number of nitrogens with zero attached hydrogens (tertiary/aromatic N) is 3. The van der Waals surface area contributed by atoms with Crippen molar-refractivity contribution in [1.29, 1.82) is 0 Å². The minimum atomic E-state index is 0.607. The van der Waals surface area contributed by atoms with Crippen LogP contribution in [0.4, 0.5) is 0 Å². The Morgan fingerprint density at radius 3 is 2.75 bits per heavy atom. The average molecular weight is 273 g/mol. The molecule has 0 aliphatic carbocycles. The molecule has 4 nitrogen and oxygen atoms in total. The Bertz CT molecular complexity index is 496. The number of pyridine rings is 1. The van der Waals surface area contributed by atoms with Crippen LogP contribution in [0, 0.1) is 0 Å². The largest absolute Gasteiger partial charge is 0.374 e. The highest BCUT2D eigenvalue weighted by Crippen LogP contribution is 2.10. The van der Waals surface area contributed by atoms with Gasteiger partial charge >= 0.3 is 0 Å². The molecule has 2 aromatic heterocycles. The molecule has 108 valence electrons. The van der Waals surface area contributed by atoms with Gasteiger partial charge < -0.3 is 9.64 Å². The Kier molecular flexibility index (Phi) is 4.66. The van der Waals surface area contributed by atoms with Crippen LogP contribution in [-0.2, 0) is 11.3 Å². The summed E-state index contributed by atoms with van der Waals surface area (Å²) in [5.41, 5.74) is 2.13. The minimum Gasteiger partial charge on any atom is -0.374 e. The van der Waals surface area contributed by atoms with E-state index < -0.39 is 0 Å². The maximum Gasteiger partial charge on any atom is 0.0907 e. The maximum atomic E-state index is 5.78. The summed E-state index contributed by atoms with van der Waals surface area (Å²) in [5, 5.41) is 4.49. The summed E-state index contributed by atoms with van der Waals surface area (Å²) in [6.45, 7) is 4.92. The van der Waals surface area contributed by atoms with Gasteiger partial charge in [-0.2, -0.15) is 5.10 Å². The summed E-state index contributed by atoms with van der Waals surface area (Å²) in [6.07, 6.45) is 7.42. The third kappa shape index (κ3) is 3.58. The number of fused-ring (bicyclic) bond motifs is 1. The minimum absolute atomic E-state index is 0.607. The van der Waals surface area contributed by atoms with Crippen LogP contribution in [0.3, 0.4) is 0 Å². The highest BCUT2D eigenvalue weighted by atomic mass is 16.5. The molecule has 0 amide bonds. The molecule has 2 aromatic rings. The second-order valence-electron chi connectivity index (χ2n) is 5.51. The van der Waals surface area contributed by atoms with Crippen LogP contribution in [0.25, 0.3) is 5.52 Å². The summed E-state index contributed by atoms with van der Waals surface area (Å²) in [4.78, 5) is 2.52. The van der Waals surface area contributed by atoms with Crippen molar-refractivity contribution in [2.75, 3.05) is 26.2 Å². The molecular formula is C16H23N3O. The number of hydrogen-bond donors (Lipinski definition) is 0. The van der Waals surface area contributed by atoms with Crippen molar-refractivity contribution < 1.29 is 4.74 Å². The van der Waals surface area contributed by atoms with E-state index in [-0.39, 0.29) is 0 Å². The molecule has 1 fully saturated rings. The lowest BCUT2D eigenvalue weighted by atomic mass is 10.2. The lowest BCUT2D eigenvalue weighted by molar-refractivity contribution is 0.0915. The summed E-state index contributed by atoms with van der Waals surface area (Å²) in [6, 6.07) is 8.17. The number of ether oxygens (including phenoxy) is 1. The molecule has 0 saturated carbocycles. The van der Waals surface area contributed by atoms with Crippen LogP contribution in [0.5, 0.6) is 0 Å². The van der Waals surface area contributed by atoms with Gasteiger partial charge in [-0.1, -0.05) is 18.9 Å². The molecule has 20 heavy (non-hydrogen) atoms. The van der Waals surface area contributed by atoms with E-state index >= 15 is 0 Å². The Morgan fingerprint density at radius 1 is 1.10 bits per heavy atom. The zero-order chi connectivity index (χ0) is 13.6. The van der Waals surface area contributed by atoms with E-state index in [1.54, 1.807) is 0 Å². The molecule has 0 atom stereocenters. The fraction of sp³-hybridized carbons (Fsp3) is 0.562. The van der Waals surface area contributed by atoms with Gasteiger partial charge in [0.1, 0.15) is 0 Å². The van der Waals surface area contributed by atoms with Gasteiger partial charge in [-0.3, -0.25) is 0 Å². The van der Waals surface area contributed by atoms with Crippen molar-refractivity contribution in [2.24, 2.45) is 0 Å². The van der Waals surface area contributed by atoms with Crippen molar-refractivity contribution in [3.63, 3.8) is 0 Å². The third-order valence-electron chi connectivity index (χ3n) is 3.92. The Labute approximate surface area is 120 Å². The smallest absolute Gasteiger partial charge is 0.0907 e. The second kappa shape index (κ2) is 6.86. The molecular weight excluding hydrogens is 250 g/mol. The molecule has 1 aliphatic heterocycles. The van der Waals surface area contributed by atoms with E-state index in [0.717, 1.165) is 24.4 Å². The topological polar surface area (TPSA) is 29.8 Å². The van der Waals surface area contributed by atoms with E-state index in [0.29, 0.717) is 6.61 Å². The predicted molar refractivity (Wildman–Crippen MR) is 79.8 cm³/mol. The first-order chi connectivity index (χ1) is 9.92. The maximum absolute atomic E-state index is 5.78. The quantitative estimate of drug-likeness (QED) is 0.785. The van der Waals surface area contributed by atoms with Crippen molar-refractivity contribution in [2.45, 2.75) is 32.3 Å². The highest BCUT2D eigenvalue weighted by molar-refractivity contribution is 5.46. The number of hydrogen-bond acceptors (Lipinski definition) is 3. The van der Waals surface area contributed by atoms with Gasteiger partial charge in [0, 0.05) is 12.7 Å². The molecule has 0 aromatic carbocycles. The Balaban J connectivity index is 1.43. The molecule has 0 N–H and O–H groups in total. The van der Waals surface area contributed by atoms with Crippen molar-refractivity contribution >= 4 is 5.52 Å². The second-order valence-corrected chi connectivity index (χ2v) is 5.51. The number of likely N-dealkylation sites (tertiary alicyclic amines) is 1. The molecule has 0 bridgehead atoms. The fourth-order valence-electron chi connectivity index (χ4n) is 2.79. The molecule has 0 radical (unpaired) electrons. The lowest BCUT2D eigenvalue weighted by Crippen LogP contribution is -2.28. The number of rotatable bonds is 5. The van der Waals surface area contributed by atoms with E-state index in [9.17, 15) is 0 Å². The van der Waals surface area contributed by atoms with Crippen molar-refractivity contribution in [3.05, 3.63) is 36.2 Å². The first-order valence-corrected chi connectivity index (χ1v) is 7.65. The zero-order valence-corrected chi connectivity index (χ0v) is 12.0. The van der Waals surface area contributed by atoms with Crippen LogP contribution < -0.4 is 0 Å². The summed E-state index contributed by atoms with van der Waals surface area (Å²) < 4.78 is 7.67. The van der Waals surface area contributed by atoms with Gasteiger partial charge in [-0.15, -0.1) is 0 Å². The summed E-state index contributed by atoms with van der Waals surface area (Å²) >= 11 is 0. The lowest BCUT2D eigenvalue weighted by Gasteiger charge is -2.19. The molecule has 1 saturated heterocycles. The monoisotopic (exact) mass is 273 g/mol. The van der Waals surface area contributed by atoms with E-state index in [2.05, 4.69) is 22.1 Å². The van der Waals surface area contributed by atoms with E-state index in [1.165, 1.54) is 38.8 Å². The summed E-state index contributed by atoms with van der Waals surface area (Å²) in [5.74, 6) is 0. The normalized spacial score (nSPS) is 17.4. The molecule has 0 unspecified atom stereocenters. The van der Waals surface area contributed by atoms with Crippen LogP contribution in [0.1, 0.15) is 31.4 Å². The van der Waals surface area contributed by atoms with Gasteiger partial charge in [0.25, 0.3) is 0 Å². The molecule has 1 aliphatic rings. The molecule has 4 heteroatoms. The standard InChI is InChI=1S/C16H23N3O/c1-2-5-9-18(8-4-1)11-12-20-14-15-13-16-7-3-6-10-19(16)17-15/h3,6-7,10,13H,1-2,4-5,8-9,11-12,14H2. The van der Waals surface area contributed by atoms with E-state index in [4.69, 9.17) is 4.74 Å². The predicted octanol–water partition coefficient (Wildman–Crippen LogP) is 2.73. The van der Waals surface area contributed by atoms with Crippen LogP contribution in [-0.4, -0.2) is 40.8 Å². The first kappa shape index (κ1) is 13.6. The first-order valence-electron chi connectivity index (χ1n) is 7.65. The fourth-order valence-corrected chi connectivity index (χ4v) is 2.79. The van der Waals surface area contributed by atoms with Gasteiger partial charge in [-0.25, -0.2) is 4.52 Å². The van der Waals surface area contributed by atoms with Crippen LogP contribution >= 0.6 is 0 Å². The summed E-state index contributed by atoms with van der Waals surface area (Å²) in [7, 11) is 0. The van der Waals surface area contributed by atoms with Gasteiger partial charge in [0.2, 0.25) is 0 Å². The van der Waals surface area contributed by atoms with Gasteiger partial charge in [0.05, 0.1) is 24.4 Å². The Morgan fingerprint density at radius 2 is 1.95 bits per heavy atom. The highest BCUT2D eigenvalue weighted by Gasteiger charge is 2.08.